The van der Waals surface area contributed by atoms with Gasteiger partial charge in [-0.2, -0.15) is 0 Å². The van der Waals surface area contributed by atoms with E-state index < -0.39 is 5.97 Å². The van der Waals surface area contributed by atoms with Crippen molar-refractivity contribution in [1.82, 2.24) is 5.32 Å². The second kappa shape index (κ2) is 3.94. The molecule has 0 unspecified atom stereocenters. The molecule has 1 aromatic rings. The summed E-state index contributed by atoms with van der Waals surface area (Å²) in [4.78, 5) is 10.7. The molecule has 0 atom stereocenters. The minimum Gasteiger partial charge on any atom is -0.475 e. The Balaban J connectivity index is 1.90. The molecule has 0 bridgehead atoms. The number of carboxylic acid groups (broad SMARTS) is 1. The number of aromatic carboxylic acids is 1. The number of furan rings is 1. The van der Waals surface area contributed by atoms with Gasteiger partial charge in [0.1, 0.15) is 5.76 Å². The van der Waals surface area contributed by atoms with Crippen LogP contribution in [0, 0.1) is 12.3 Å². The fraction of sp³-hybridized carbons (Fsp3) is 0.583. The van der Waals surface area contributed by atoms with Gasteiger partial charge in [-0.3, -0.25) is 0 Å². The maximum absolute atomic E-state index is 10.7. The maximum Gasteiger partial charge on any atom is 0.371 e. The van der Waals surface area contributed by atoms with E-state index in [2.05, 4.69) is 12.2 Å². The average molecular weight is 223 g/mol. The molecular formula is C12H17NO3. The second-order valence-electron chi connectivity index (χ2n) is 4.91. The Morgan fingerprint density at radius 1 is 1.62 bits per heavy atom. The molecule has 0 aliphatic heterocycles. The van der Waals surface area contributed by atoms with Crippen molar-refractivity contribution >= 4 is 5.97 Å². The highest BCUT2D eigenvalue weighted by Crippen LogP contribution is 2.44. The van der Waals surface area contributed by atoms with Gasteiger partial charge in [-0.25, -0.2) is 4.79 Å². The van der Waals surface area contributed by atoms with Gasteiger partial charge in [-0.1, -0.05) is 6.92 Å². The van der Waals surface area contributed by atoms with Gasteiger partial charge in [-0.15, -0.1) is 0 Å². The molecule has 0 spiro atoms. The Hall–Kier alpha value is -1.29. The maximum atomic E-state index is 10.7. The van der Waals surface area contributed by atoms with E-state index in [9.17, 15) is 4.79 Å². The Morgan fingerprint density at radius 3 is 2.81 bits per heavy atom. The topological polar surface area (TPSA) is 62.5 Å². The summed E-state index contributed by atoms with van der Waals surface area (Å²) in [6.45, 7) is 5.71. The quantitative estimate of drug-likeness (QED) is 0.803. The molecule has 1 saturated carbocycles. The largest absolute Gasteiger partial charge is 0.475 e. The summed E-state index contributed by atoms with van der Waals surface area (Å²) in [7, 11) is 0. The van der Waals surface area contributed by atoms with Crippen LogP contribution in [0.2, 0.25) is 0 Å². The third-order valence-corrected chi connectivity index (χ3v) is 3.20. The third kappa shape index (κ3) is 2.44. The summed E-state index contributed by atoms with van der Waals surface area (Å²) in [6, 6.07) is 1.60. The van der Waals surface area contributed by atoms with Gasteiger partial charge >= 0.3 is 5.97 Å². The lowest BCUT2D eigenvalue weighted by atomic mass is 10.1. The third-order valence-electron chi connectivity index (χ3n) is 3.20. The van der Waals surface area contributed by atoms with Gasteiger partial charge in [0, 0.05) is 18.7 Å². The summed E-state index contributed by atoms with van der Waals surface area (Å²) >= 11 is 0. The number of rotatable bonds is 5. The van der Waals surface area contributed by atoms with E-state index in [0.29, 0.717) is 17.7 Å². The van der Waals surface area contributed by atoms with Crippen molar-refractivity contribution in [3.63, 3.8) is 0 Å². The van der Waals surface area contributed by atoms with E-state index in [-0.39, 0.29) is 5.76 Å². The zero-order valence-corrected chi connectivity index (χ0v) is 9.67. The van der Waals surface area contributed by atoms with Crippen LogP contribution in [0.15, 0.2) is 10.5 Å². The van der Waals surface area contributed by atoms with Crippen LogP contribution in [-0.2, 0) is 6.54 Å². The highest BCUT2D eigenvalue weighted by atomic mass is 16.4. The molecule has 0 radical (unpaired) electrons. The number of hydrogen-bond donors (Lipinski definition) is 2. The number of hydrogen-bond acceptors (Lipinski definition) is 3. The van der Waals surface area contributed by atoms with Gasteiger partial charge in [-0.05, 0) is 31.2 Å². The van der Waals surface area contributed by atoms with Gasteiger partial charge < -0.3 is 14.8 Å². The fourth-order valence-corrected chi connectivity index (χ4v) is 1.69. The molecule has 0 amide bonds. The van der Waals surface area contributed by atoms with Crippen LogP contribution < -0.4 is 5.32 Å². The SMILES string of the molecule is Cc1oc(C(=O)O)cc1CNCC1(C)CC1. The Morgan fingerprint density at radius 2 is 2.31 bits per heavy atom. The zero-order valence-electron chi connectivity index (χ0n) is 9.67. The molecule has 1 aliphatic carbocycles. The lowest BCUT2D eigenvalue weighted by Gasteiger charge is -2.08. The van der Waals surface area contributed by atoms with Gasteiger partial charge in [0.05, 0.1) is 0 Å². The van der Waals surface area contributed by atoms with Crippen molar-refractivity contribution in [3.05, 3.63) is 23.2 Å². The lowest BCUT2D eigenvalue weighted by molar-refractivity contribution is 0.0661. The van der Waals surface area contributed by atoms with Crippen molar-refractivity contribution in [3.8, 4) is 0 Å². The first kappa shape index (κ1) is 11.2. The Bertz CT molecular complexity index is 404. The first-order valence-corrected chi connectivity index (χ1v) is 5.53. The molecule has 0 saturated heterocycles. The van der Waals surface area contributed by atoms with Crippen molar-refractivity contribution < 1.29 is 14.3 Å². The number of carboxylic acids is 1. The van der Waals surface area contributed by atoms with E-state index in [1.165, 1.54) is 12.8 Å². The lowest BCUT2D eigenvalue weighted by Crippen LogP contribution is -2.21. The normalized spacial score (nSPS) is 17.4. The average Bonchev–Trinajstić information content (AvgIpc) is 2.81. The molecule has 16 heavy (non-hydrogen) atoms. The van der Waals surface area contributed by atoms with E-state index >= 15 is 0 Å². The van der Waals surface area contributed by atoms with Crippen LogP contribution in [0.1, 0.15) is 41.6 Å². The molecule has 2 rings (SSSR count). The van der Waals surface area contributed by atoms with Crippen LogP contribution in [0.3, 0.4) is 0 Å². The molecule has 2 N–H and O–H groups in total. The summed E-state index contributed by atoms with van der Waals surface area (Å²) in [5.41, 5.74) is 1.40. The van der Waals surface area contributed by atoms with Crippen molar-refractivity contribution in [2.75, 3.05) is 6.54 Å². The molecule has 4 heteroatoms. The molecule has 88 valence electrons. The monoisotopic (exact) mass is 223 g/mol. The molecule has 1 aliphatic rings. The first-order valence-electron chi connectivity index (χ1n) is 5.53. The van der Waals surface area contributed by atoms with Crippen molar-refractivity contribution in [2.24, 2.45) is 5.41 Å². The zero-order chi connectivity index (χ0) is 11.8. The highest BCUT2D eigenvalue weighted by molar-refractivity contribution is 5.84. The van der Waals surface area contributed by atoms with Crippen LogP contribution >= 0.6 is 0 Å². The van der Waals surface area contributed by atoms with E-state index in [0.717, 1.165) is 12.1 Å². The predicted molar refractivity (Wildman–Crippen MR) is 59.5 cm³/mol. The summed E-state index contributed by atoms with van der Waals surface area (Å²) < 4.78 is 5.13. The van der Waals surface area contributed by atoms with Crippen LogP contribution in [-0.4, -0.2) is 17.6 Å². The smallest absolute Gasteiger partial charge is 0.371 e. The minimum atomic E-state index is -1.01. The molecule has 1 aromatic heterocycles. The number of carbonyl (C=O) groups is 1. The molecule has 1 fully saturated rings. The summed E-state index contributed by atoms with van der Waals surface area (Å²) in [5, 5.41) is 12.1. The number of nitrogens with one attached hydrogen (secondary N) is 1. The van der Waals surface area contributed by atoms with Gasteiger partial charge in [0.2, 0.25) is 5.76 Å². The van der Waals surface area contributed by atoms with Crippen LogP contribution in [0.25, 0.3) is 0 Å². The summed E-state index contributed by atoms with van der Waals surface area (Å²) in [6.07, 6.45) is 2.56. The Labute approximate surface area is 94.6 Å². The standard InChI is InChI=1S/C12H17NO3/c1-8-9(5-10(16-8)11(14)15)6-13-7-12(2)3-4-12/h5,13H,3-4,6-7H2,1-2H3,(H,14,15). The van der Waals surface area contributed by atoms with Gasteiger partial charge in [0.25, 0.3) is 0 Å². The van der Waals surface area contributed by atoms with E-state index in [1.807, 2.05) is 0 Å². The molecular weight excluding hydrogens is 206 g/mol. The highest BCUT2D eigenvalue weighted by Gasteiger charge is 2.36. The van der Waals surface area contributed by atoms with Gasteiger partial charge in [0.15, 0.2) is 0 Å². The van der Waals surface area contributed by atoms with Crippen molar-refractivity contribution in [2.45, 2.75) is 33.2 Å². The number of aryl methyl sites for hydroxylation is 1. The first-order chi connectivity index (χ1) is 7.50. The molecule has 4 nitrogen and oxygen atoms in total. The summed E-state index contributed by atoms with van der Waals surface area (Å²) in [5.74, 6) is -0.304. The minimum absolute atomic E-state index is 0.0203. The second-order valence-corrected chi connectivity index (χ2v) is 4.91. The van der Waals surface area contributed by atoms with E-state index in [4.69, 9.17) is 9.52 Å². The van der Waals surface area contributed by atoms with Crippen LogP contribution in [0.5, 0.6) is 0 Å². The van der Waals surface area contributed by atoms with Crippen LogP contribution in [0.4, 0.5) is 0 Å². The van der Waals surface area contributed by atoms with Crippen molar-refractivity contribution in [1.29, 1.82) is 0 Å². The molecule has 0 aromatic carbocycles. The fourth-order valence-electron chi connectivity index (χ4n) is 1.69. The van der Waals surface area contributed by atoms with E-state index in [1.54, 1.807) is 13.0 Å². The molecule has 1 heterocycles. The predicted octanol–water partition coefficient (Wildman–Crippen LogP) is 2.18. The Kier molecular flexibility index (Phi) is 2.76.